The van der Waals surface area contributed by atoms with Crippen LogP contribution < -0.4 is 0 Å². The molecule has 96 valence electrons. The van der Waals surface area contributed by atoms with Crippen LogP contribution in [-0.4, -0.2) is 5.11 Å². The summed E-state index contributed by atoms with van der Waals surface area (Å²) in [6.07, 6.45) is 5.56. The lowest BCUT2D eigenvalue weighted by molar-refractivity contribution is 0.476. The van der Waals surface area contributed by atoms with Crippen LogP contribution in [0.4, 0.5) is 0 Å². The molecule has 0 saturated heterocycles. The summed E-state index contributed by atoms with van der Waals surface area (Å²) in [7, 11) is 0. The van der Waals surface area contributed by atoms with E-state index in [1.807, 2.05) is 12.1 Å². The van der Waals surface area contributed by atoms with Gasteiger partial charge in [-0.25, -0.2) is 0 Å². The molecule has 0 saturated carbocycles. The number of allylic oxidation sites excluding steroid dienone is 4. The molecule has 19 heavy (non-hydrogen) atoms. The molecule has 1 aliphatic carbocycles. The number of hydrogen-bond acceptors (Lipinski definition) is 1. The number of hydrogen-bond donors (Lipinski definition) is 1. The Balaban J connectivity index is 1.95. The molecule has 0 heterocycles. The van der Waals surface area contributed by atoms with Gasteiger partial charge in [-0.15, -0.1) is 0 Å². The molecule has 0 amide bonds. The van der Waals surface area contributed by atoms with Gasteiger partial charge < -0.3 is 5.11 Å². The SMILES string of the molecule is CC1=CC=C(C(C)c2ccc3cc(O)ccc3c2)C1. The Kier molecular flexibility index (Phi) is 2.90. The van der Waals surface area contributed by atoms with E-state index < -0.39 is 0 Å². The van der Waals surface area contributed by atoms with E-state index in [0.29, 0.717) is 11.7 Å². The molecule has 0 radical (unpaired) electrons. The average Bonchev–Trinajstić information content (AvgIpc) is 2.84. The normalized spacial score (nSPS) is 16.3. The summed E-state index contributed by atoms with van der Waals surface area (Å²) in [5.41, 5.74) is 4.26. The largest absolute Gasteiger partial charge is 0.508 e. The first-order valence-electron chi connectivity index (χ1n) is 6.72. The van der Waals surface area contributed by atoms with Gasteiger partial charge in [0.15, 0.2) is 0 Å². The van der Waals surface area contributed by atoms with Crippen molar-refractivity contribution < 1.29 is 5.11 Å². The highest BCUT2D eigenvalue weighted by Crippen LogP contribution is 2.33. The van der Waals surface area contributed by atoms with Crippen molar-refractivity contribution >= 4 is 10.8 Å². The quantitative estimate of drug-likeness (QED) is 0.801. The number of phenolic OH excluding ortho intramolecular Hbond substituents is 1. The number of phenols is 1. The minimum atomic E-state index is 0.326. The fraction of sp³-hybridized carbons (Fsp3) is 0.222. The van der Waals surface area contributed by atoms with E-state index in [1.54, 1.807) is 6.07 Å². The Morgan fingerprint density at radius 2 is 1.74 bits per heavy atom. The summed E-state index contributed by atoms with van der Waals surface area (Å²) in [5.74, 6) is 0.776. The number of benzene rings is 2. The molecule has 2 aromatic rings. The minimum absolute atomic E-state index is 0.326. The maximum absolute atomic E-state index is 9.49. The molecular formula is C18H18O. The lowest BCUT2D eigenvalue weighted by atomic mass is 9.90. The second-order valence-corrected chi connectivity index (χ2v) is 5.44. The second kappa shape index (κ2) is 4.58. The molecule has 1 aliphatic rings. The molecule has 1 atom stereocenters. The van der Waals surface area contributed by atoms with Crippen molar-refractivity contribution in [3.63, 3.8) is 0 Å². The topological polar surface area (TPSA) is 20.2 Å². The van der Waals surface area contributed by atoms with Crippen LogP contribution in [0, 0.1) is 0 Å². The van der Waals surface area contributed by atoms with Gasteiger partial charge in [0.2, 0.25) is 0 Å². The highest BCUT2D eigenvalue weighted by atomic mass is 16.3. The molecule has 0 spiro atoms. The van der Waals surface area contributed by atoms with Crippen LogP contribution in [0.2, 0.25) is 0 Å². The Morgan fingerprint density at radius 1 is 1.00 bits per heavy atom. The predicted octanol–water partition coefficient (Wildman–Crippen LogP) is 4.93. The van der Waals surface area contributed by atoms with Crippen LogP contribution in [0.5, 0.6) is 5.75 Å². The van der Waals surface area contributed by atoms with E-state index in [9.17, 15) is 5.11 Å². The van der Waals surface area contributed by atoms with Gasteiger partial charge in [-0.05, 0) is 41.8 Å². The summed E-state index contributed by atoms with van der Waals surface area (Å²) in [4.78, 5) is 0. The Labute approximate surface area is 113 Å². The molecule has 0 bridgehead atoms. The van der Waals surface area contributed by atoms with Gasteiger partial charge in [0.05, 0.1) is 0 Å². The fourth-order valence-corrected chi connectivity index (χ4v) is 2.72. The monoisotopic (exact) mass is 250 g/mol. The molecule has 1 nitrogen and oxygen atoms in total. The van der Waals surface area contributed by atoms with Gasteiger partial charge in [0, 0.05) is 5.92 Å². The third-order valence-electron chi connectivity index (χ3n) is 3.97. The summed E-state index contributed by atoms with van der Waals surface area (Å²) < 4.78 is 0. The van der Waals surface area contributed by atoms with Crippen molar-refractivity contribution in [2.24, 2.45) is 0 Å². The molecule has 3 rings (SSSR count). The van der Waals surface area contributed by atoms with Gasteiger partial charge >= 0.3 is 0 Å². The predicted molar refractivity (Wildman–Crippen MR) is 80.5 cm³/mol. The summed E-state index contributed by atoms with van der Waals surface area (Å²) in [5, 5.41) is 11.8. The molecule has 1 unspecified atom stereocenters. The lowest BCUT2D eigenvalue weighted by Crippen LogP contribution is -1.97. The standard InChI is InChI=1S/C18H18O/c1-12-3-4-14(9-12)13(2)15-5-6-17-11-18(19)8-7-16(17)10-15/h3-8,10-11,13,19H,9H2,1-2H3. The molecule has 1 N–H and O–H groups in total. The smallest absolute Gasteiger partial charge is 0.116 e. The van der Waals surface area contributed by atoms with Crippen LogP contribution in [0.1, 0.15) is 31.7 Å². The van der Waals surface area contributed by atoms with E-state index in [2.05, 4.69) is 44.2 Å². The first-order valence-corrected chi connectivity index (χ1v) is 6.72. The zero-order valence-electron chi connectivity index (χ0n) is 11.4. The summed E-state index contributed by atoms with van der Waals surface area (Å²) in [6.45, 7) is 4.44. The summed E-state index contributed by atoms with van der Waals surface area (Å²) in [6, 6.07) is 12.0. The maximum Gasteiger partial charge on any atom is 0.116 e. The molecule has 0 fully saturated rings. The van der Waals surface area contributed by atoms with Crippen molar-refractivity contribution in [1.82, 2.24) is 0 Å². The molecule has 0 aromatic heterocycles. The van der Waals surface area contributed by atoms with E-state index >= 15 is 0 Å². The van der Waals surface area contributed by atoms with Crippen LogP contribution in [-0.2, 0) is 0 Å². The van der Waals surface area contributed by atoms with Crippen LogP contribution in [0.25, 0.3) is 10.8 Å². The third kappa shape index (κ3) is 2.28. The minimum Gasteiger partial charge on any atom is -0.508 e. The molecule has 0 aliphatic heterocycles. The molecule has 2 aromatic carbocycles. The van der Waals surface area contributed by atoms with Crippen molar-refractivity contribution in [2.75, 3.05) is 0 Å². The zero-order valence-corrected chi connectivity index (χ0v) is 11.4. The zero-order chi connectivity index (χ0) is 13.4. The first kappa shape index (κ1) is 12.0. The van der Waals surface area contributed by atoms with Crippen molar-refractivity contribution in [3.05, 3.63) is 65.3 Å². The van der Waals surface area contributed by atoms with Crippen LogP contribution in [0.3, 0.4) is 0 Å². The first-order chi connectivity index (χ1) is 9.13. The van der Waals surface area contributed by atoms with Crippen molar-refractivity contribution in [3.8, 4) is 5.75 Å². The number of fused-ring (bicyclic) bond motifs is 1. The number of rotatable bonds is 2. The number of aromatic hydroxyl groups is 1. The van der Waals surface area contributed by atoms with E-state index in [-0.39, 0.29) is 0 Å². The highest BCUT2D eigenvalue weighted by molar-refractivity contribution is 5.84. The Bertz CT molecular complexity index is 692. The second-order valence-electron chi connectivity index (χ2n) is 5.44. The molecular weight excluding hydrogens is 232 g/mol. The average molecular weight is 250 g/mol. The fourth-order valence-electron chi connectivity index (χ4n) is 2.72. The van der Waals surface area contributed by atoms with Gasteiger partial charge in [0.1, 0.15) is 5.75 Å². The summed E-state index contributed by atoms with van der Waals surface area (Å²) >= 11 is 0. The van der Waals surface area contributed by atoms with E-state index in [4.69, 9.17) is 0 Å². The van der Waals surface area contributed by atoms with Gasteiger partial charge in [-0.3, -0.25) is 0 Å². The Morgan fingerprint density at radius 3 is 2.47 bits per heavy atom. The van der Waals surface area contributed by atoms with Crippen LogP contribution in [0.15, 0.2) is 59.7 Å². The van der Waals surface area contributed by atoms with Gasteiger partial charge in [-0.2, -0.15) is 0 Å². The van der Waals surface area contributed by atoms with Gasteiger partial charge in [-0.1, -0.05) is 54.5 Å². The highest BCUT2D eigenvalue weighted by Gasteiger charge is 2.14. The van der Waals surface area contributed by atoms with Crippen molar-refractivity contribution in [1.29, 1.82) is 0 Å². The molecule has 1 heteroatoms. The lowest BCUT2D eigenvalue weighted by Gasteiger charge is -2.15. The van der Waals surface area contributed by atoms with Crippen molar-refractivity contribution in [2.45, 2.75) is 26.2 Å². The van der Waals surface area contributed by atoms with E-state index in [0.717, 1.165) is 11.8 Å². The Hall–Kier alpha value is -2.02. The maximum atomic E-state index is 9.49. The van der Waals surface area contributed by atoms with E-state index in [1.165, 1.54) is 22.1 Å². The van der Waals surface area contributed by atoms with Crippen LogP contribution >= 0.6 is 0 Å². The third-order valence-corrected chi connectivity index (χ3v) is 3.97. The van der Waals surface area contributed by atoms with Gasteiger partial charge in [0.25, 0.3) is 0 Å².